The molecular weight excluding hydrogens is 276 g/mol. The summed E-state index contributed by atoms with van der Waals surface area (Å²) in [4.78, 5) is 11.5. The lowest BCUT2D eigenvalue weighted by atomic mass is 10.0. The van der Waals surface area contributed by atoms with E-state index in [4.69, 9.17) is 4.74 Å². The second kappa shape index (κ2) is 7.20. The van der Waals surface area contributed by atoms with Gasteiger partial charge in [-0.15, -0.1) is 0 Å². The van der Waals surface area contributed by atoms with Gasteiger partial charge in [0.1, 0.15) is 11.4 Å². The smallest absolute Gasteiger partial charge is 0.407 e. The van der Waals surface area contributed by atoms with Crippen molar-refractivity contribution in [2.45, 2.75) is 39.7 Å². The SMILES string of the molecule is Cc1cc(CC(=CF)CNC(=O)OC(C)(C)C)ccc1F. The summed E-state index contributed by atoms with van der Waals surface area (Å²) in [6, 6.07) is 4.60. The number of nitrogens with one attached hydrogen (secondary N) is 1. The van der Waals surface area contributed by atoms with Crippen LogP contribution in [-0.4, -0.2) is 18.2 Å². The first-order valence-corrected chi connectivity index (χ1v) is 6.71. The molecule has 1 aromatic rings. The van der Waals surface area contributed by atoms with Crippen LogP contribution in [0.4, 0.5) is 13.6 Å². The van der Waals surface area contributed by atoms with E-state index in [0.29, 0.717) is 23.9 Å². The van der Waals surface area contributed by atoms with Crippen LogP contribution in [0.5, 0.6) is 0 Å². The molecule has 0 saturated heterocycles. The van der Waals surface area contributed by atoms with Crippen LogP contribution in [0.2, 0.25) is 0 Å². The minimum Gasteiger partial charge on any atom is -0.444 e. The van der Waals surface area contributed by atoms with Gasteiger partial charge in [0.15, 0.2) is 0 Å². The van der Waals surface area contributed by atoms with Crippen LogP contribution in [0.25, 0.3) is 0 Å². The number of aryl methyl sites for hydroxylation is 1. The molecule has 1 rings (SSSR count). The van der Waals surface area contributed by atoms with Gasteiger partial charge in [-0.1, -0.05) is 12.1 Å². The van der Waals surface area contributed by atoms with Gasteiger partial charge in [-0.25, -0.2) is 13.6 Å². The molecule has 0 aliphatic carbocycles. The lowest BCUT2D eigenvalue weighted by molar-refractivity contribution is 0.0532. The molecule has 21 heavy (non-hydrogen) atoms. The average Bonchev–Trinajstić information content (AvgIpc) is 2.36. The summed E-state index contributed by atoms with van der Waals surface area (Å²) >= 11 is 0. The topological polar surface area (TPSA) is 38.3 Å². The maximum atomic E-state index is 13.2. The van der Waals surface area contributed by atoms with Crippen LogP contribution >= 0.6 is 0 Å². The van der Waals surface area contributed by atoms with Crippen molar-refractivity contribution in [2.24, 2.45) is 0 Å². The highest BCUT2D eigenvalue weighted by atomic mass is 19.1. The molecule has 0 aliphatic heterocycles. The van der Waals surface area contributed by atoms with E-state index in [9.17, 15) is 13.6 Å². The summed E-state index contributed by atoms with van der Waals surface area (Å²) in [5.41, 5.74) is 1.07. The Labute approximate surface area is 124 Å². The molecule has 116 valence electrons. The maximum absolute atomic E-state index is 13.2. The molecule has 0 radical (unpaired) electrons. The second-order valence-corrected chi connectivity index (χ2v) is 5.88. The zero-order chi connectivity index (χ0) is 16.0. The van der Waals surface area contributed by atoms with Crippen molar-refractivity contribution in [2.75, 3.05) is 6.54 Å². The van der Waals surface area contributed by atoms with Gasteiger partial charge in [-0.05, 0) is 56.9 Å². The average molecular weight is 297 g/mol. The monoisotopic (exact) mass is 297 g/mol. The molecule has 0 aliphatic rings. The quantitative estimate of drug-likeness (QED) is 0.910. The maximum Gasteiger partial charge on any atom is 0.407 e. The lowest BCUT2D eigenvalue weighted by Crippen LogP contribution is -2.33. The van der Waals surface area contributed by atoms with Crippen molar-refractivity contribution in [1.29, 1.82) is 0 Å². The highest BCUT2D eigenvalue weighted by Crippen LogP contribution is 2.13. The first-order valence-electron chi connectivity index (χ1n) is 6.71. The summed E-state index contributed by atoms with van der Waals surface area (Å²) < 4.78 is 31.1. The van der Waals surface area contributed by atoms with E-state index in [-0.39, 0.29) is 12.4 Å². The number of rotatable bonds is 4. The number of amides is 1. The summed E-state index contributed by atoms with van der Waals surface area (Å²) in [6.07, 6.45) is 0.154. The van der Waals surface area contributed by atoms with Crippen molar-refractivity contribution in [3.05, 3.63) is 47.0 Å². The van der Waals surface area contributed by atoms with E-state index < -0.39 is 11.7 Å². The first-order chi connectivity index (χ1) is 9.71. The first kappa shape index (κ1) is 17.1. The van der Waals surface area contributed by atoms with Crippen LogP contribution in [0, 0.1) is 12.7 Å². The Bertz CT molecular complexity index is 534. The molecule has 0 bridgehead atoms. The van der Waals surface area contributed by atoms with E-state index in [2.05, 4.69) is 5.32 Å². The number of ether oxygens (including phenoxy) is 1. The number of benzene rings is 1. The van der Waals surface area contributed by atoms with Crippen molar-refractivity contribution >= 4 is 6.09 Å². The molecular formula is C16H21F2NO2. The standard InChI is InChI=1S/C16H21F2NO2/c1-11-7-12(5-6-14(11)18)8-13(9-17)10-19-15(20)21-16(2,3)4/h5-7,9H,8,10H2,1-4H3,(H,19,20). The van der Waals surface area contributed by atoms with Crippen LogP contribution in [0.1, 0.15) is 31.9 Å². The largest absolute Gasteiger partial charge is 0.444 e. The molecule has 5 heteroatoms. The number of hydrogen-bond donors (Lipinski definition) is 1. The molecule has 1 amide bonds. The van der Waals surface area contributed by atoms with E-state index in [1.54, 1.807) is 39.8 Å². The summed E-state index contributed by atoms with van der Waals surface area (Å²) in [5.74, 6) is -0.295. The van der Waals surface area contributed by atoms with Gasteiger partial charge in [0.2, 0.25) is 0 Å². The van der Waals surface area contributed by atoms with E-state index in [1.165, 1.54) is 6.07 Å². The lowest BCUT2D eigenvalue weighted by Gasteiger charge is -2.20. The minimum atomic E-state index is -0.600. The van der Waals surface area contributed by atoms with Gasteiger partial charge >= 0.3 is 6.09 Å². The summed E-state index contributed by atoms with van der Waals surface area (Å²) in [6.45, 7) is 6.94. The Morgan fingerprint density at radius 3 is 2.57 bits per heavy atom. The Hall–Kier alpha value is -1.91. The molecule has 0 spiro atoms. The number of hydrogen-bond acceptors (Lipinski definition) is 2. The summed E-state index contributed by atoms with van der Waals surface area (Å²) in [5, 5.41) is 2.49. The van der Waals surface area contributed by atoms with Crippen molar-refractivity contribution in [1.82, 2.24) is 5.32 Å². The molecule has 0 heterocycles. The predicted octanol–water partition coefficient (Wildman–Crippen LogP) is 4.05. The Kier molecular flexibility index (Phi) is 5.88. The van der Waals surface area contributed by atoms with Crippen LogP contribution in [0.3, 0.4) is 0 Å². The van der Waals surface area contributed by atoms with Crippen molar-refractivity contribution in [3.63, 3.8) is 0 Å². The van der Waals surface area contributed by atoms with Crippen LogP contribution in [0.15, 0.2) is 30.1 Å². The fraction of sp³-hybridized carbons (Fsp3) is 0.438. The van der Waals surface area contributed by atoms with E-state index in [0.717, 1.165) is 5.56 Å². The molecule has 0 fully saturated rings. The van der Waals surface area contributed by atoms with Gasteiger partial charge in [0.25, 0.3) is 0 Å². The van der Waals surface area contributed by atoms with Gasteiger partial charge in [-0.3, -0.25) is 0 Å². The third-order valence-corrected chi connectivity index (χ3v) is 2.67. The number of carbonyl (C=O) groups excluding carboxylic acids is 1. The molecule has 0 saturated carbocycles. The molecule has 1 aromatic carbocycles. The van der Waals surface area contributed by atoms with Gasteiger partial charge in [0, 0.05) is 6.54 Å². The van der Waals surface area contributed by atoms with Gasteiger partial charge in [0.05, 0.1) is 6.33 Å². The Morgan fingerprint density at radius 1 is 1.38 bits per heavy atom. The molecule has 0 atom stereocenters. The third kappa shape index (κ3) is 6.38. The fourth-order valence-electron chi connectivity index (χ4n) is 1.72. The normalized spacial score (nSPS) is 12.2. The fourth-order valence-corrected chi connectivity index (χ4v) is 1.72. The van der Waals surface area contributed by atoms with Crippen LogP contribution in [-0.2, 0) is 11.2 Å². The zero-order valence-corrected chi connectivity index (χ0v) is 12.8. The summed E-state index contributed by atoms with van der Waals surface area (Å²) in [7, 11) is 0. The molecule has 0 unspecified atom stereocenters. The van der Waals surface area contributed by atoms with E-state index in [1.807, 2.05) is 0 Å². The highest BCUT2D eigenvalue weighted by Gasteiger charge is 2.16. The third-order valence-electron chi connectivity index (χ3n) is 2.67. The Balaban J connectivity index is 2.56. The van der Waals surface area contributed by atoms with E-state index >= 15 is 0 Å². The van der Waals surface area contributed by atoms with Crippen molar-refractivity contribution < 1.29 is 18.3 Å². The highest BCUT2D eigenvalue weighted by molar-refractivity contribution is 5.68. The number of carbonyl (C=O) groups is 1. The van der Waals surface area contributed by atoms with Crippen LogP contribution < -0.4 is 5.32 Å². The minimum absolute atomic E-state index is 0.0435. The van der Waals surface area contributed by atoms with Gasteiger partial charge < -0.3 is 10.1 Å². The Morgan fingerprint density at radius 2 is 2.05 bits per heavy atom. The predicted molar refractivity (Wildman–Crippen MR) is 78.3 cm³/mol. The molecule has 1 N–H and O–H groups in total. The van der Waals surface area contributed by atoms with Crippen molar-refractivity contribution in [3.8, 4) is 0 Å². The van der Waals surface area contributed by atoms with Gasteiger partial charge in [-0.2, -0.15) is 0 Å². The molecule has 3 nitrogen and oxygen atoms in total. The number of alkyl carbamates (subject to hydrolysis) is 1. The molecule has 0 aromatic heterocycles. The zero-order valence-electron chi connectivity index (χ0n) is 12.8. The second-order valence-electron chi connectivity index (χ2n) is 5.88. The number of halogens is 2.